The van der Waals surface area contributed by atoms with E-state index in [1.807, 2.05) is 54.6 Å². The highest BCUT2D eigenvalue weighted by Crippen LogP contribution is 2.12. The summed E-state index contributed by atoms with van der Waals surface area (Å²) >= 11 is 0. The van der Waals surface area contributed by atoms with Crippen LogP contribution < -0.4 is 15.4 Å². The second-order valence-corrected chi connectivity index (χ2v) is 7.19. The van der Waals surface area contributed by atoms with Gasteiger partial charge in [0.25, 0.3) is 5.91 Å². The monoisotopic (exact) mass is 412 g/mol. The number of nitrogens with one attached hydrogen (secondary N) is 2. The van der Waals surface area contributed by atoms with Gasteiger partial charge in [0, 0.05) is 6.54 Å². The van der Waals surface area contributed by atoms with Crippen LogP contribution >= 0.6 is 0 Å². The van der Waals surface area contributed by atoms with Crippen molar-refractivity contribution in [1.82, 2.24) is 10.6 Å². The van der Waals surface area contributed by atoms with Gasteiger partial charge < -0.3 is 20.1 Å². The van der Waals surface area contributed by atoms with Crippen LogP contribution in [0.3, 0.4) is 0 Å². The predicted octanol–water partition coefficient (Wildman–Crippen LogP) is 2.24. The highest BCUT2D eigenvalue weighted by molar-refractivity contribution is 5.87. The molecule has 1 atom stereocenters. The van der Waals surface area contributed by atoms with Gasteiger partial charge in [-0.1, -0.05) is 56.3 Å². The Hall–Kier alpha value is -3.35. The molecule has 0 aliphatic rings. The average Bonchev–Trinajstić information content (AvgIpc) is 2.75. The lowest BCUT2D eigenvalue weighted by atomic mass is 10.0. The molecule has 7 heteroatoms. The number of esters is 1. The maximum absolute atomic E-state index is 12.4. The minimum atomic E-state index is -0.826. The van der Waals surface area contributed by atoms with Crippen molar-refractivity contribution in [3.63, 3.8) is 0 Å². The Labute approximate surface area is 176 Å². The van der Waals surface area contributed by atoms with Crippen LogP contribution in [0.1, 0.15) is 25.0 Å². The van der Waals surface area contributed by atoms with Gasteiger partial charge in [0.15, 0.2) is 6.61 Å². The summed E-state index contributed by atoms with van der Waals surface area (Å²) in [5.74, 6) is -0.831. The number of rotatable bonds is 10. The maximum atomic E-state index is 12.4. The van der Waals surface area contributed by atoms with E-state index in [0.717, 1.165) is 11.1 Å². The van der Waals surface area contributed by atoms with E-state index in [-0.39, 0.29) is 24.8 Å². The normalized spacial score (nSPS) is 11.5. The Morgan fingerprint density at radius 3 is 2.30 bits per heavy atom. The molecule has 0 spiro atoms. The number of carbonyl (C=O) groups is 3. The summed E-state index contributed by atoms with van der Waals surface area (Å²) in [5, 5.41) is 5.39. The van der Waals surface area contributed by atoms with E-state index in [0.29, 0.717) is 5.75 Å². The van der Waals surface area contributed by atoms with Gasteiger partial charge in [-0.3, -0.25) is 9.59 Å². The van der Waals surface area contributed by atoms with Gasteiger partial charge in [0.05, 0.1) is 13.5 Å². The van der Waals surface area contributed by atoms with Crippen LogP contribution in [-0.2, 0) is 32.1 Å². The quantitative estimate of drug-likeness (QED) is 0.584. The Morgan fingerprint density at radius 2 is 1.63 bits per heavy atom. The topological polar surface area (TPSA) is 93.7 Å². The summed E-state index contributed by atoms with van der Waals surface area (Å²) in [5.41, 5.74) is 1.71. The molecule has 2 N–H and O–H groups in total. The van der Waals surface area contributed by atoms with E-state index >= 15 is 0 Å². The fourth-order valence-electron chi connectivity index (χ4n) is 2.76. The molecule has 0 saturated heterocycles. The molecule has 0 unspecified atom stereocenters. The maximum Gasteiger partial charge on any atom is 0.329 e. The number of hydrogen-bond acceptors (Lipinski definition) is 5. The third-order valence-corrected chi connectivity index (χ3v) is 4.41. The summed E-state index contributed by atoms with van der Waals surface area (Å²) in [6, 6.07) is 15.7. The minimum Gasteiger partial charge on any atom is -0.497 e. The van der Waals surface area contributed by atoms with E-state index in [9.17, 15) is 14.4 Å². The summed E-state index contributed by atoms with van der Waals surface area (Å²) < 4.78 is 10.3. The van der Waals surface area contributed by atoms with Crippen molar-refractivity contribution >= 4 is 17.8 Å². The van der Waals surface area contributed by atoms with Crippen LogP contribution in [0.4, 0.5) is 0 Å². The van der Waals surface area contributed by atoms with Gasteiger partial charge >= 0.3 is 5.97 Å². The standard InChI is InChI=1S/C23H28N2O5/c1-16(2)22(25-20(26)13-17-8-5-4-6-9-17)23(28)30-15-21(27)24-14-18-10-7-11-19(12-18)29-3/h4-12,16,22H,13-15H2,1-3H3,(H,24,27)(H,25,26)/t22-/m0/s1. The van der Waals surface area contributed by atoms with Crippen LogP contribution in [0, 0.1) is 5.92 Å². The van der Waals surface area contributed by atoms with Crippen LogP contribution in [0.5, 0.6) is 5.75 Å². The van der Waals surface area contributed by atoms with Crippen LogP contribution in [0.15, 0.2) is 54.6 Å². The molecule has 0 aliphatic carbocycles. The largest absolute Gasteiger partial charge is 0.497 e. The molecule has 2 rings (SSSR count). The molecule has 0 saturated carbocycles. The highest BCUT2D eigenvalue weighted by atomic mass is 16.5. The zero-order valence-electron chi connectivity index (χ0n) is 17.5. The first-order valence-electron chi connectivity index (χ1n) is 9.78. The average molecular weight is 412 g/mol. The zero-order valence-corrected chi connectivity index (χ0v) is 17.5. The van der Waals surface area contributed by atoms with Gasteiger partial charge in [-0.15, -0.1) is 0 Å². The van der Waals surface area contributed by atoms with Gasteiger partial charge in [-0.05, 0) is 29.2 Å². The van der Waals surface area contributed by atoms with Crippen LogP contribution in [-0.4, -0.2) is 37.5 Å². The number of hydrogen-bond donors (Lipinski definition) is 2. The molecule has 0 aliphatic heterocycles. The first-order chi connectivity index (χ1) is 14.4. The number of amides is 2. The fraction of sp³-hybridized carbons (Fsp3) is 0.348. The van der Waals surface area contributed by atoms with E-state index < -0.39 is 24.5 Å². The Morgan fingerprint density at radius 1 is 0.933 bits per heavy atom. The molecule has 7 nitrogen and oxygen atoms in total. The molecule has 2 amide bonds. The molecule has 0 aromatic heterocycles. The summed E-state index contributed by atoms with van der Waals surface area (Å²) in [6.45, 7) is 3.48. The van der Waals surface area contributed by atoms with E-state index in [1.54, 1.807) is 21.0 Å². The van der Waals surface area contributed by atoms with Crippen molar-refractivity contribution in [1.29, 1.82) is 0 Å². The molecule has 2 aromatic carbocycles. The van der Waals surface area contributed by atoms with Gasteiger partial charge in [-0.2, -0.15) is 0 Å². The fourth-order valence-corrected chi connectivity index (χ4v) is 2.76. The summed E-state index contributed by atoms with van der Waals surface area (Å²) in [6.07, 6.45) is 0.165. The molecule has 160 valence electrons. The van der Waals surface area contributed by atoms with Gasteiger partial charge in [-0.25, -0.2) is 4.79 Å². The lowest BCUT2D eigenvalue weighted by Gasteiger charge is -2.20. The molecule has 2 aromatic rings. The summed E-state index contributed by atoms with van der Waals surface area (Å²) in [7, 11) is 1.57. The van der Waals surface area contributed by atoms with E-state index in [1.165, 1.54) is 0 Å². The molecule has 0 radical (unpaired) electrons. The first-order valence-corrected chi connectivity index (χ1v) is 9.78. The number of ether oxygens (including phenoxy) is 2. The van der Waals surface area contributed by atoms with Crippen LogP contribution in [0.25, 0.3) is 0 Å². The number of methoxy groups -OCH3 is 1. The molecule has 0 bridgehead atoms. The lowest BCUT2D eigenvalue weighted by Crippen LogP contribution is -2.46. The Kier molecular flexibility index (Phi) is 8.87. The zero-order chi connectivity index (χ0) is 21.9. The predicted molar refractivity (Wildman–Crippen MR) is 113 cm³/mol. The first kappa shape index (κ1) is 22.9. The third kappa shape index (κ3) is 7.58. The van der Waals surface area contributed by atoms with Gasteiger partial charge in [0.2, 0.25) is 5.91 Å². The van der Waals surface area contributed by atoms with Crippen molar-refractivity contribution in [3.05, 3.63) is 65.7 Å². The van der Waals surface area contributed by atoms with Crippen molar-refractivity contribution in [2.24, 2.45) is 5.92 Å². The molecule has 30 heavy (non-hydrogen) atoms. The molecule has 0 heterocycles. The number of carbonyl (C=O) groups excluding carboxylic acids is 3. The molecule has 0 fully saturated rings. The lowest BCUT2D eigenvalue weighted by molar-refractivity contribution is -0.152. The third-order valence-electron chi connectivity index (χ3n) is 4.41. The smallest absolute Gasteiger partial charge is 0.329 e. The Balaban J connectivity index is 1.80. The van der Waals surface area contributed by atoms with Crippen LogP contribution in [0.2, 0.25) is 0 Å². The van der Waals surface area contributed by atoms with E-state index in [2.05, 4.69) is 10.6 Å². The molecular formula is C23H28N2O5. The minimum absolute atomic E-state index is 0.165. The SMILES string of the molecule is COc1cccc(CNC(=O)COC(=O)[C@@H](NC(=O)Cc2ccccc2)C(C)C)c1. The van der Waals surface area contributed by atoms with Gasteiger partial charge in [0.1, 0.15) is 11.8 Å². The summed E-state index contributed by atoms with van der Waals surface area (Å²) in [4.78, 5) is 36.7. The van der Waals surface area contributed by atoms with Crippen molar-refractivity contribution in [2.45, 2.75) is 32.9 Å². The van der Waals surface area contributed by atoms with E-state index in [4.69, 9.17) is 9.47 Å². The molecular weight excluding hydrogens is 384 g/mol. The second-order valence-electron chi connectivity index (χ2n) is 7.19. The van der Waals surface area contributed by atoms with Crippen molar-refractivity contribution < 1.29 is 23.9 Å². The Bertz CT molecular complexity index is 852. The number of benzene rings is 2. The highest BCUT2D eigenvalue weighted by Gasteiger charge is 2.26. The van der Waals surface area contributed by atoms with Crippen molar-refractivity contribution in [3.8, 4) is 5.75 Å². The van der Waals surface area contributed by atoms with Crippen molar-refractivity contribution in [2.75, 3.05) is 13.7 Å². The second kappa shape index (κ2) is 11.6.